The molecule has 2 aliphatic heterocycles. The SMILES string of the molecule is CCCCCC/C=C\CCCCCCCCCC(=O)N[C@H]1[C@H](OC[C@H]2O[C@H](O)[C@H](NC(=O)CC(=O)CCCCCCCCCCC)[C@@H](OCCCCCCCCCC)[C@@H]2O)O[C@H](COC)[C@@H](OP(=O)(O)O)[C@@H]1OCC[C@@H](CCCCCCC)OC. The largest absolute Gasteiger partial charge is 0.470 e. The van der Waals surface area contributed by atoms with Crippen LogP contribution < -0.4 is 10.6 Å². The molecular weight excluding hydrogens is 1110 g/mol. The molecule has 6 N–H and O–H groups in total. The maximum atomic E-state index is 14.1. The summed E-state index contributed by atoms with van der Waals surface area (Å²) in [4.78, 5) is 61.1. The van der Waals surface area contributed by atoms with Gasteiger partial charge in [0.1, 0.15) is 54.5 Å². The van der Waals surface area contributed by atoms with Crippen LogP contribution in [0.4, 0.5) is 0 Å². The number of allylic oxidation sites excluding steroid dienone is 2. The predicted molar refractivity (Wildman–Crippen MR) is 336 cm³/mol. The standard InChI is InChI=1S/C66H125N2O16P/c1-7-11-15-19-22-25-26-27-28-29-30-32-34-38-42-46-57(70)67-60-64(80-49-47-54(78-6)45-41-36-18-14-10-4)62(84-85(74,75)76)56(51-77-5)83-66(60)81-52-55-61(72)63(79-48-43-39-35-24-21-17-13-9-3)59(65(73)82-55)68-58(71)50-53(69)44-40-37-33-31-23-20-16-12-8-2/h25-26,54-56,59-66,72-73H,7-24,27-52H2,1-6H3,(H,67,70)(H,68,71)(H2,74,75,76)/b26-25-/t54-,55-,56-,59-,60-,61-,62-,63-,64-,65+,66-/m1/s1. The molecule has 0 aromatic rings. The highest BCUT2D eigenvalue weighted by atomic mass is 31.2. The minimum Gasteiger partial charge on any atom is -0.388 e. The smallest absolute Gasteiger partial charge is 0.388 e. The van der Waals surface area contributed by atoms with E-state index in [2.05, 4.69) is 50.5 Å². The molecule has 85 heavy (non-hydrogen) atoms. The number of unbranched alkanes of at least 4 members (excludes halogenated alkanes) is 30. The summed E-state index contributed by atoms with van der Waals surface area (Å²) in [6.45, 7) is 8.44. The lowest BCUT2D eigenvalue weighted by Gasteiger charge is -2.47. The topological polar surface area (TPSA) is 247 Å². The average molecular weight is 1230 g/mol. The van der Waals surface area contributed by atoms with Gasteiger partial charge in [0.25, 0.3) is 0 Å². The molecule has 0 bridgehead atoms. The lowest BCUT2D eigenvalue weighted by molar-refractivity contribution is -0.302. The van der Waals surface area contributed by atoms with Gasteiger partial charge in [-0.3, -0.25) is 18.9 Å². The first-order valence-corrected chi connectivity index (χ1v) is 35.8. The molecule has 0 spiro atoms. The number of amides is 2. The maximum Gasteiger partial charge on any atom is 0.470 e. The van der Waals surface area contributed by atoms with Gasteiger partial charge in [0.05, 0.1) is 25.7 Å². The van der Waals surface area contributed by atoms with Gasteiger partial charge >= 0.3 is 7.82 Å². The molecule has 18 nitrogen and oxygen atoms in total. The zero-order valence-corrected chi connectivity index (χ0v) is 55.1. The Hall–Kier alpha value is -1.90. The highest BCUT2D eigenvalue weighted by Crippen LogP contribution is 2.42. The normalized spacial score (nSPS) is 23.2. The van der Waals surface area contributed by atoms with E-state index in [4.69, 9.17) is 37.7 Å². The van der Waals surface area contributed by atoms with E-state index in [-0.39, 0.29) is 56.9 Å². The third-order valence-corrected chi connectivity index (χ3v) is 17.1. The molecule has 0 aromatic carbocycles. The van der Waals surface area contributed by atoms with Gasteiger partial charge < -0.3 is 63.8 Å². The van der Waals surface area contributed by atoms with Crippen LogP contribution in [-0.4, -0.2) is 146 Å². The third kappa shape index (κ3) is 38.4. The zero-order valence-electron chi connectivity index (χ0n) is 54.3. The van der Waals surface area contributed by atoms with E-state index in [9.17, 15) is 38.9 Å². The molecule has 2 rings (SSSR count). The monoisotopic (exact) mass is 1230 g/mol. The van der Waals surface area contributed by atoms with E-state index in [1.165, 1.54) is 84.2 Å². The molecule has 0 unspecified atom stereocenters. The van der Waals surface area contributed by atoms with Crippen molar-refractivity contribution >= 4 is 25.4 Å². The Labute approximate surface area is 515 Å². The van der Waals surface area contributed by atoms with Crippen LogP contribution >= 0.6 is 7.82 Å². The minimum atomic E-state index is -5.20. The molecule has 500 valence electrons. The zero-order chi connectivity index (χ0) is 62.2. The third-order valence-electron chi connectivity index (χ3n) is 16.6. The van der Waals surface area contributed by atoms with Crippen LogP contribution in [-0.2, 0) is 56.6 Å². The number of hydrogen-bond acceptors (Lipinski definition) is 14. The van der Waals surface area contributed by atoms with Gasteiger partial charge in [-0.2, -0.15) is 0 Å². The van der Waals surface area contributed by atoms with E-state index in [0.717, 1.165) is 135 Å². The second kappa shape index (κ2) is 51.8. The van der Waals surface area contributed by atoms with E-state index >= 15 is 0 Å². The molecule has 19 heteroatoms. The highest BCUT2D eigenvalue weighted by Gasteiger charge is 2.52. The van der Waals surface area contributed by atoms with Crippen molar-refractivity contribution in [3.05, 3.63) is 12.2 Å². The quantitative estimate of drug-likeness (QED) is 0.0143. The number of phosphoric acid groups is 1. The van der Waals surface area contributed by atoms with Crippen LogP contribution in [0.2, 0.25) is 0 Å². The number of phosphoric ester groups is 1. The van der Waals surface area contributed by atoms with Crippen molar-refractivity contribution in [3.8, 4) is 0 Å². The second-order valence-electron chi connectivity index (χ2n) is 24.3. The summed E-state index contributed by atoms with van der Waals surface area (Å²) in [5.41, 5.74) is 0. The first-order chi connectivity index (χ1) is 41.2. The molecule has 2 fully saturated rings. The lowest BCUT2D eigenvalue weighted by atomic mass is 9.95. The van der Waals surface area contributed by atoms with Gasteiger partial charge in [-0.25, -0.2) is 4.57 Å². The second-order valence-corrected chi connectivity index (χ2v) is 25.4. The Balaban J connectivity index is 2.32. The van der Waals surface area contributed by atoms with Gasteiger partial charge in [-0.15, -0.1) is 0 Å². The van der Waals surface area contributed by atoms with Crippen molar-refractivity contribution in [1.82, 2.24) is 10.6 Å². The Morgan fingerprint density at radius 1 is 0.506 bits per heavy atom. The van der Waals surface area contributed by atoms with E-state index < -0.39 is 81.6 Å². The van der Waals surface area contributed by atoms with Crippen molar-refractivity contribution in [1.29, 1.82) is 0 Å². The van der Waals surface area contributed by atoms with Crippen molar-refractivity contribution in [2.45, 2.75) is 352 Å². The fourth-order valence-electron chi connectivity index (χ4n) is 11.5. The van der Waals surface area contributed by atoms with Crippen molar-refractivity contribution in [2.75, 3.05) is 40.6 Å². The molecule has 11 atom stereocenters. The number of hydrogen-bond donors (Lipinski definition) is 6. The Morgan fingerprint density at radius 3 is 1.53 bits per heavy atom. The number of rotatable bonds is 57. The molecule has 2 heterocycles. The Bertz CT molecular complexity index is 1710. The fraction of sp³-hybridized carbons (Fsp3) is 0.924. The van der Waals surface area contributed by atoms with E-state index in [1.54, 1.807) is 7.11 Å². The number of Topliss-reactive ketones (excluding diaryl/α,β-unsaturated/α-hetero) is 1. The number of ether oxygens (including phenoxy) is 7. The molecule has 2 saturated heterocycles. The molecular formula is C66H125N2O16P. The Morgan fingerprint density at radius 2 is 0.988 bits per heavy atom. The number of aliphatic hydroxyl groups excluding tert-OH is 2. The van der Waals surface area contributed by atoms with Gasteiger partial charge in [0, 0.05) is 40.3 Å². The fourth-order valence-corrected chi connectivity index (χ4v) is 12.1. The summed E-state index contributed by atoms with van der Waals surface area (Å²) >= 11 is 0. The lowest BCUT2D eigenvalue weighted by Crippen LogP contribution is -2.67. The van der Waals surface area contributed by atoms with E-state index in [0.29, 0.717) is 25.7 Å². The molecule has 0 aromatic heterocycles. The molecule has 0 saturated carbocycles. The Kier molecular flexibility index (Phi) is 48.3. The summed E-state index contributed by atoms with van der Waals surface area (Å²) in [5.74, 6) is -1.18. The first kappa shape index (κ1) is 79.2. The number of carbonyl (C=O) groups excluding carboxylic acids is 3. The number of nitrogens with one attached hydrogen (secondary N) is 2. The van der Waals surface area contributed by atoms with Crippen LogP contribution in [0.5, 0.6) is 0 Å². The predicted octanol–water partition coefficient (Wildman–Crippen LogP) is 13.5. The molecule has 2 aliphatic rings. The molecule has 0 aliphatic carbocycles. The summed E-state index contributed by atoms with van der Waals surface area (Å²) in [6, 6.07) is -2.44. The average Bonchev–Trinajstić information content (AvgIpc) is 2.05. The number of carbonyl (C=O) groups is 3. The number of ketones is 1. The maximum absolute atomic E-state index is 14.1. The van der Waals surface area contributed by atoms with Crippen LogP contribution in [0, 0.1) is 0 Å². The van der Waals surface area contributed by atoms with Crippen LogP contribution in [0.15, 0.2) is 12.2 Å². The van der Waals surface area contributed by atoms with Gasteiger partial charge in [-0.1, -0.05) is 220 Å². The summed E-state index contributed by atoms with van der Waals surface area (Å²) < 4.78 is 61.3. The minimum absolute atomic E-state index is 0.0692. The summed E-state index contributed by atoms with van der Waals surface area (Å²) in [7, 11) is -2.15. The van der Waals surface area contributed by atoms with E-state index in [1.807, 2.05) is 0 Å². The summed E-state index contributed by atoms with van der Waals surface area (Å²) in [6.07, 6.45) is 32.9. The van der Waals surface area contributed by atoms with Gasteiger partial charge in [-0.05, 0) is 57.8 Å². The van der Waals surface area contributed by atoms with Crippen LogP contribution in [0.1, 0.15) is 285 Å². The highest BCUT2D eigenvalue weighted by molar-refractivity contribution is 7.46. The summed E-state index contributed by atoms with van der Waals surface area (Å²) in [5, 5.41) is 29.5. The van der Waals surface area contributed by atoms with Crippen LogP contribution in [0.25, 0.3) is 0 Å². The number of aliphatic hydroxyl groups is 2. The number of methoxy groups -OCH3 is 2. The molecule has 0 radical (unpaired) electrons. The van der Waals surface area contributed by atoms with Crippen molar-refractivity contribution in [3.63, 3.8) is 0 Å². The van der Waals surface area contributed by atoms with Crippen molar-refractivity contribution < 1.29 is 76.6 Å². The molecule has 2 amide bonds. The van der Waals surface area contributed by atoms with Gasteiger partial charge in [0.15, 0.2) is 12.6 Å². The van der Waals surface area contributed by atoms with Crippen LogP contribution in [0.3, 0.4) is 0 Å². The van der Waals surface area contributed by atoms with Crippen molar-refractivity contribution in [2.24, 2.45) is 0 Å². The first-order valence-electron chi connectivity index (χ1n) is 34.3. The van der Waals surface area contributed by atoms with Gasteiger partial charge in [0.2, 0.25) is 11.8 Å².